The van der Waals surface area contributed by atoms with Crippen molar-refractivity contribution in [1.82, 2.24) is 4.98 Å². The van der Waals surface area contributed by atoms with Crippen molar-refractivity contribution < 1.29 is 4.79 Å². The SMILES string of the molecule is C=C/C=C(\C=C)c1cc(C(=O)CCc2ccc(C)cc2)c2ccccc2n1. The average Bonchev–Trinajstić information content (AvgIpc) is 2.70. The van der Waals surface area contributed by atoms with E-state index >= 15 is 0 Å². The third-order valence-corrected chi connectivity index (χ3v) is 4.59. The molecule has 2 heteroatoms. The van der Waals surface area contributed by atoms with Crippen LogP contribution < -0.4 is 0 Å². The molecule has 134 valence electrons. The summed E-state index contributed by atoms with van der Waals surface area (Å²) in [6, 6.07) is 18.0. The number of para-hydroxylation sites is 1. The lowest BCUT2D eigenvalue weighted by Gasteiger charge is -2.10. The molecule has 0 bridgehead atoms. The number of aryl methyl sites for hydroxylation is 2. The van der Waals surface area contributed by atoms with E-state index in [2.05, 4.69) is 44.3 Å². The molecule has 0 N–H and O–H groups in total. The molecule has 0 amide bonds. The van der Waals surface area contributed by atoms with E-state index in [1.54, 1.807) is 12.2 Å². The second-order valence-electron chi connectivity index (χ2n) is 6.54. The van der Waals surface area contributed by atoms with Gasteiger partial charge in [0, 0.05) is 17.4 Å². The number of carbonyl (C=O) groups excluding carboxylic acids is 1. The van der Waals surface area contributed by atoms with Gasteiger partial charge < -0.3 is 0 Å². The van der Waals surface area contributed by atoms with Crippen LogP contribution in [0.15, 0.2) is 86.0 Å². The highest BCUT2D eigenvalue weighted by atomic mass is 16.1. The van der Waals surface area contributed by atoms with Gasteiger partial charge in [-0.25, -0.2) is 4.98 Å². The Kier molecular flexibility index (Phi) is 5.77. The fraction of sp³-hybridized carbons (Fsp3) is 0.120. The van der Waals surface area contributed by atoms with Crippen LogP contribution in [-0.4, -0.2) is 10.8 Å². The van der Waals surface area contributed by atoms with Gasteiger partial charge in [0.1, 0.15) is 0 Å². The summed E-state index contributed by atoms with van der Waals surface area (Å²) in [5.41, 5.74) is 5.50. The first-order valence-corrected chi connectivity index (χ1v) is 9.06. The number of hydrogen-bond donors (Lipinski definition) is 0. The molecule has 0 spiro atoms. The minimum absolute atomic E-state index is 0.123. The first-order chi connectivity index (χ1) is 13.1. The summed E-state index contributed by atoms with van der Waals surface area (Å²) in [6.07, 6.45) is 6.48. The van der Waals surface area contributed by atoms with Gasteiger partial charge in [0.2, 0.25) is 0 Å². The molecule has 2 nitrogen and oxygen atoms in total. The number of fused-ring (bicyclic) bond motifs is 1. The summed E-state index contributed by atoms with van der Waals surface area (Å²) in [7, 11) is 0. The van der Waals surface area contributed by atoms with Crippen LogP contribution in [0.25, 0.3) is 16.5 Å². The summed E-state index contributed by atoms with van der Waals surface area (Å²) < 4.78 is 0. The van der Waals surface area contributed by atoms with E-state index in [-0.39, 0.29) is 5.78 Å². The molecule has 0 atom stereocenters. The zero-order chi connectivity index (χ0) is 19.2. The normalized spacial score (nSPS) is 11.4. The first kappa shape index (κ1) is 18.5. The zero-order valence-corrected chi connectivity index (χ0v) is 15.6. The molecule has 0 radical (unpaired) electrons. The Hall–Kier alpha value is -3.26. The molecule has 27 heavy (non-hydrogen) atoms. The van der Waals surface area contributed by atoms with Crippen LogP contribution in [0.4, 0.5) is 0 Å². The maximum Gasteiger partial charge on any atom is 0.163 e. The molecule has 0 saturated carbocycles. The molecule has 3 rings (SSSR count). The maximum atomic E-state index is 13.0. The van der Waals surface area contributed by atoms with Crippen LogP contribution in [-0.2, 0) is 6.42 Å². The smallest absolute Gasteiger partial charge is 0.163 e. The lowest BCUT2D eigenvalue weighted by molar-refractivity contribution is 0.0984. The largest absolute Gasteiger partial charge is 0.294 e. The summed E-state index contributed by atoms with van der Waals surface area (Å²) in [4.78, 5) is 17.7. The molecule has 1 heterocycles. The topological polar surface area (TPSA) is 30.0 Å². The highest BCUT2D eigenvalue weighted by molar-refractivity contribution is 6.08. The van der Waals surface area contributed by atoms with Crippen molar-refractivity contribution in [3.8, 4) is 0 Å². The van der Waals surface area contributed by atoms with E-state index in [1.165, 1.54) is 11.1 Å². The summed E-state index contributed by atoms with van der Waals surface area (Å²) >= 11 is 0. The number of carbonyl (C=O) groups is 1. The van der Waals surface area contributed by atoms with E-state index < -0.39 is 0 Å². The molecule has 0 saturated heterocycles. The van der Waals surface area contributed by atoms with Gasteiger partial charge in [-0.15, -0.1) is 0 Å². The second-order valence-corrected chi connectivity index (χ2v) is 6.54. The van der Waals surface area contributed by atoms with Crippen molar-refractivity contribution in [3.05, 3.63) is 108 Å². The molecular weight excluding hydrogens is 330 g/mol. The number of allylic oxidation sites excluding steroid dienone is 4. The lowest BCUT2D eigenvalue weighted by atomic mass is 9.97. The monoisotopic (exact) mass is 353 g/mol. The summed E-state index contributed by atoms with van der Waals surface area (Å²) in [5.74, 6) is 0.123. The van der Waals surface area contributed by atoms with Crippen LogP contribution in [0, 0.1) is 6.92 Å². The quantitative estimate of drug-likeness (QED) is 0.379. The number of benzene rings is 2. The highest BCUT2D eigenvalue weighted by Crippen LogP contribution is 2.24. The fourth-order valence-electron chi connectivity index (χ4n) is 3.09. The second kappa shape index (κ2) is 8.41. The number of aromatic nitrogens is 1. The minimum Gasteiger partial charge on any atom is -0.294 e. The molecular formula is C25H23NO. The number of rotatable bonds is 7. The fourth-order valence-corrected chi connectivity index (χ4v) is 3.09. The van der Waals surface area contributed by atoms with Crippen LogP contribution in [0.1, 0.15) is 33.6 Å². The van der Waals surface area contributed by atoms with Crippen LogP contribution in [0.2, 0.25) is 0 Å². The van der Waals surface area contributed by atoms with Gasteiger partial charge >= 0.3 is 0 Å². The van der Waals surface area contributed by atoms with Crippen molar-refractivity contribution in [1.29, 1.82) is 0 Å². The minimum atomic E-state index is 0.123. The molecule has 2 aromatic carbocycles. The molecule has 0 aliphatic heterocycles. The van der Waals surface area contributed by atoms with Gasteiger partial charge in [-0.2, -0.15) is 0 Å². The third-order valence-electron chi connectivity index (χ3n) is 4.59. The predicted molar refractivity (Wildman–Crippen MR) is 114 cm³/mol. The van der Waals surface area contributed by atoms with Gasteiger partial charge in [-0.05, 0) is 36.6 Å². The van der Waals surface area contributed by atoms with Crippen molar-refractivity contribution in [2.75, 3.05) is 0 Å². The van der Waals surface area contributed by atoms with Gasteiger partial charge in [0.05, 0.1) is 11.2 Å². The van der Waals surface area contributed by atoms with Crippen molar-refractivity contribution >= 4 is 22.3 Å². The molecule has 0 aliphatic rings. The van der Waals surface area contributed by atoms with Gasteiger partial charge in [0.25, 0.3) is 0 Å². The van der Waals surface area contributed by atoms with Crippen molar-refractivity contribution in [2.45, 2.75) is 19.8 Å². The van der Waals surface area contributed by atoms with Gasteiger partial charge in [-0.1, -0.05) is 79.4 Å². The Balaban J connectivity index is 1.97. The van der Waals surface area contributed by atoms with Crippen LogP contribution >= 0.6 is 0 Å². The Morgan fingerprint density at radius 2 is 1.81 bits per heavy atom. The number of ketones is 1. The number of nitrogens with zero attached hydrogens (tertiary/aromatic N) is 1. The van der Waals surface area contributed by atoms with Gasteiger partial charge in [0.15, 0.2) is 5.78 Å². The first-order valence-electron chi connectivity index (χ1n) is 9.06. The maximum absolute atomic E-state index is 13.0. The highest BCUT2D eigenvalue weighted by Gasteiger charge is 2.14. The van der Waals surface area contributed by atoms with E-state index in [1.807, 2.05) is 36.4 Å². The molecule has 0 fully saturated rings. The number of pyridine rings is 1. The number of hydrogen-bond acceptors (Lipinski definition) is 2. The summed E-state index contributed by atoms with van der Waals surface area (Å²) in [5, 5.41) is 0.886. The third kappa shape index (κ3) is 4.29. The molecule has 3 aromatic rings. The Morgan fingerprint density at radius 3 is 2.52 bits per heavy atom. The predicted octanol–water partition coefficient (Wildman–Crippen LogP) is 6.11. The van der Waals surface area contributed by atoms with E-state index in [9.17, 15) is 4.79 Å². The van der Waals surface area contributed by atoms with Crippen molar-refractivity contribution in [3.63, 3.8) is 0 Å². The van der Waals surface area contributed by atoms with Gasteiger partial charge in [-0.3, -0.25) is 4.79 Å². The zero-order valence-electron chi connectivity index (χ0n) is 15.6. The Labute approximate surface area is 160 Å². The number of Topliss-reactive ketones (excluding diaryl/α,β-unsaturated/α-hetero) is 1. The van der Waals surface area contributed by atoms with E-state index in [0.29, 0.717) is 12.0 Å². The molecule has 0 aliphatic carbocycles. The molecule has 0 unspecified atom stereocenters. The van der Waals surface area contributed by atoms with E-state index in [0.717, 1.165) is 28.6 Å². The Bertz CT molecular complexity index is 1030. The Morgan fingerprint density at radius 1 is 1.07 bits per heavy atom. The molecule has 1 aromatic heterocycles. The van der Waals surface area contributed by atoms with E-state index in [4.69, 9.17) is 4.98 Å². The van der Waals surface area contributed by atoms with Crippen molar-refractivity contribution in [2.24, 2.45) is 0 Å². The average molecular weight is 353 g/mol. The van der Waals surface area contributed by atoms with Crippen LogP contribution in [0.3, 0.4) is 0 Å². The lowest BCUT2D eigenvalue weighted by Crippen LogP contribution is -2.04. The standard InChI is InChI=1S/C25H23NO/c1-4-8-20(5-2)24-17-22(21-9-6-7-10-23(21)26-24)25(27)16-15-19-13-11-18(3)12-14-19/h4-14,17H,1-2,15-16H2,3H3/b20-8+. The van der Waals surface area contributed by atoms with Crippen LogP contribution in [0.5, 0.6) is 0 Å². The summed E-state index contributed by atoms with van der Waals surface area (Å²) in [6.45, 7) is 9.66.